The lowest BCUT2D eigenvalue weighted by molar-refractivity contribution is -0.144. The third kappa shape index (κ3) is 3.57. The number of hydrogen-bond acceptors (Lipinski definition) is 5. The van der Waals surface area contributed by atoms with E-state index in [1.54, 1.807) is 20.8 Å². The molecule has 1 aliphatic rings. The number of aliphatic carboxylic acids is 1. The van der Waals surface area contributed by atoms with Gasteiger partial charge in [-0.3, -0.25) is 4.79 Å². The largest absolute Gasteiger partial charge is 0.481 e. The standard InChI is InChI=1S/C10H18N2O5/c1-9(2,3)17-8(15)12-5-10(6-12,11-16)4-7(13)14/h11,16H,4-6H2,1-3H3,(H,13,14). The molecule has 0 aromatic carbocycles. The molecule has 1 saturated heterocycles. The van der Waals surface area contributed by atoms with Gasteiger partial charge in [-0.15, -0.1) is 0 Å². The Kier molecular flexibility index (Phi) is 3.63. The van der Waals surface area contributed by atoms with Gasteiger partial charge in [-0.1, -0.05) is 0 Å². The SMILES string of the molecule is CC(C)(C)OC(=O)N1CC(CC(=O)O)(NO)C1. The number of carbonyl (C=O) groups is 2. The molecule has 1 fully saturated rings. The van der Waals surface area contributed by atoms with E-state index in [0.717, 1.165) is 0 Å². The molecule has 0 unspecified atom stereocenters. The third-order valence-corrected chi connectivity index (χ3v) is 2.37. The Morgan fingerprint density at radius 2 is 1.94 bits per heavy atom. The molecule has 98 valence electrons. The van der Waals surface area contributed by atoms with Crippen molar-refractivity contribution in [2.75, 3.05) is 13.1 Å². The molecule has 0 atom stereocenters. The highest BCUT2D eigenvalue weighted by Crippen LogP contribution is 2.26. The van der Waals surface area contributed by atoms with E-state index in [9.17, 15) is 9.59 Å². The smallest absolute Gasteiger partial charge is 0.410 e. The average molecular weight is 246 g/mol. The molecule has 1 heterocycles. The third-order valence-electron chi connectivity index (χ3n) is 2.37. The number of amides is 1. The molecular formula is C10H18N2O5. The van der Waals surface area contributed by atoms with Gasteiger partial charge in [0.2, 0.25) is 0 Å². The summed E-state index contributed by atoms with van der Waals surface area (Å²) < 4.78 is 5.11. The Labute approximate surface area is 99.3 Å². The van der Waals surface area contributed by atoms with E-state index < -0.39 is 23.2 Å². The molecule has 0 spiro atoms. The van der Waals surface area contributed by atoms with Gasteiger partial charge in [0, 0.05) is 13.1 Å². The van der Waals surface area contributed by atoms with E-state index in [2.05, 4.69) is 0 Å². The predicted molar refractivity (Wildman–Crippen MR) is 57.7 cm³/mol. The van der Waals surface area contributed by atoms with Crippen molar-refractivity contribution < 1.29 is 24.6 Å². The molecule has 0 radical (unpaired) electrons. The lowest BCUT2D eigenvalue weighted by Gasteiger charge is -2.48. The zero-order valence-electron chi connectivity index (χ0n) is 10.2. The Hall–Kier alpha value is -1.34. The summed E-state index contributed by atoms with van der Waals surface area (Å²) in [5.41, 5.74) is 0.420. The number of ether oxygens (including phenoxy) is 1. The van der Waals surface area contributed by atoms with Crippen LogP contribution in [0.5, 0.6) is 0 Å². The van der Waals surface area contributed by atoms with Crippen molar-refractivity contribution in [3.63, 3.8) is 0 Å². The molecule has 1 rings (SSSR count). The molecule has 0 aliphatic carbocycles. The Morgan fingerprint density at radius 3 is 2.29 bits per heavy atom. The van der Waals surface area contributed by atoms with Crippen molar-refractivity contribution in [1.29, 1.82) is 0 Å². The normalized spacial score (nSPS) is 18.5. The molecule has 1 aliphatic heterocycles. The highest BCUT2D eigenvalue weighted by atomic mass is 16.6. The fraction of sp³-hybridized carbons (Fsp3) is 0.800. The van der Waals surface area contributed by atoms with Gasteiger partial charge in [0.1, 0.15) is 5.60 Å². The number of hydrogen-bond donors (Lipinski definition) is 3. The quantitative estimate of drug-likeness (QED) is 0.624. The molecule has 7 nitrogen and oxygen atoms in total. The summed E-state index contributed by atoms with van der Waals surface area (Å²) in [5.74, 6) is -1.03. The number of likely N-dealkylation sites (tertiary alicyclic amines) is 1. The van der Waals surface area contributed by atoms with Gasteiger partial charge in [0.25, 0.3) is 0 Å². The van der Waals surface area contributed by atoms with Gasteiger partial charge in [-0.05, 0) is 20.8 Å². The summed E-state index contributed by atoms with van der Waals surface area (Å²) in [6.45, 7) is 5.48. The van der Waals surface area contributed by atoms with Crippen LogP contribution >= 0.6 is 0 Å². The summed E-state index contributed by atoms with van der Waals surface area (Å²) in [7, 11) is 0. The second-order valence-electron chi connectivity index (χ2n) is 5.30. The maximum Gasteiger partial charge on any atom is 0.410 e. The van der Waals surface area contributed by atoms with Crippen LogP contribution in [-0.2, 0) is 9.53 Å². The van der Waals surface area contributed by atoms with Crippen molar-refractivity contribution in [1.82, 2.24) is 10.4 Å². The van der Waals surface area contributed by atoms with Crippen LogP contribution in [0.3, 0.4) is 0 Å². The number of carboxylic acid groups (broad SMARTS) is 1. The highest BCUT2D eigenvalue weighted by molar-refractivity contribution is 5.72. The fourth-order valence-corrected chi connectivity index (χ4v) is 1.65. The van der Waals surface area contributed by atoms with E-state index in [1.807, 2.05) is 5.48 Å². The number of nitrogens with zero attached hydrogens (tertiary/aromatic N) is 1. The first kappa shape index (κ1) is 13.7. The number of nitrogens with one attached hydrogen (secondary N) is 1. The monoisotopic (exact) mass is 246 g/mol. The van der Waals surface area contributed by atoms with Gasteiger partial charge in [0.05, 0.1) is 12.0 Å². The predicted octanol–water partition coefficient (Wildman–Crippen LogP) is 0.429. The van der Waals surface area contributed by atoms with Crippen LogP contribution in [-0.4, -0.2) is 51.5 Å². The van der Waals surface area contributed by atoms with Crippen LogP contribution in [0.2, 0.25) is 0 Å². The van der Waals surface area contributed by atoms with E-state index in [4.69, 9.17) is 15.1 Å². The first-order valence-corrected chi connectivity index (χ1v) is 5.28. The molecule has 0 aromatic heterocycles. The minimum absolute atomic E-state index is 0.116. The molecule has 1 amide bonds. The zero-order valence-corrected chi connectivity index (χ0v) is 10.2. The molecule has 7 heteroatoms. The van der Waals surface area contributed by atoms with Crippen molar-refractivity contribution in [2.24, 2.45) is 0 Å². The zero-order chi connectivity index (χ0) is 13.3. The van der Waals surface area contributed by atoms with Crippen LogP contribution in [0.4, 0.5) is 4.79 Å². The number of carboxylic acids is 1. The number of hydroxylamine groups is 1. The fourth-order valence-electron chi connectivity index (χ4n) is 1.65. The van der Waals surface area contributed by atoms with E-state index in [-0.39, 0.29) is 19.5 Å². The van der Waals surface area contributed by atoms with Gasteiger partial charge in [-0.25, -0.2) is 4.79 Å². The number of rotatable bonds is 3. The van der Waals surface area contributed by atoms with E-state index in [1.165, 1.54) is 4.90 Å². The average Bonchev–Trinajstić information content (AvgIpc) is 2.06. The van der Waals surface area contributed by atoms with Crippen molar-refractivity contribution >= 4 is 12.1 Å². The maximum atomic E-state index is 11.6. The van der Waals surface area contributed by atoms with Crippen LogP contribution in [0.25, 0.3) is 0 Å². The highest BCUT2D eigenvalue weighted by Gasteiger charge is 2.47. The van der Waals surface area contributed by atoms with Crippen LogP contribution < -0.4 is 5.48 Å². The van der Waals surface area contributed by atoms with E-state index >= 15 is 0 Å². The first-order chi connectivity index (χ1) is 7.67. The lowest BCUT2D eigenvalue weighted by Crippen LogP contribution is -2.70. The molecular weight excluding hydrogens is 228 g/mol. The van der Waals surface area contributed by atoms with Crippen LogP contribution in [0, 0.1) is 0 Å². The van der Waals surface area contributed by atoms with Gasteiger partial charge in [0.15, 0.2) is 0 Å². The van der Waals surface area contributed by atoms with Gasteiger partial charge in [-0.2, -0.15) is 5.48 Å². The summed E-state index contributed by atoms with van der Waals surface area (Å²) in [4.78, 5) is 23.5. The minimum Gasteiger partial charge on any atom is -0.481 e. The lowest BCUT2D eigenvalue weighted by atomic mass is 9.87. The van der Waals surface area contributed by atoms with Crippen molar-refractivity contribution in [3.8, 4) is 0 Å². The number of carbonyl (C=O) groups excluding carboxylic acids is 1. The summed E-state index contributed by atoms with van der Waals surface area (Å²) in [5, 5.41) is 17.6. The Bertz CT molecular complexity index is 317. The van der Waals surface area contributed by atoms with Crippen molar-refractivity contribution in [3.05, 3.63) is 0 Å². The molecule has 0 aromatic rings. The maximum absolute atomic E-state index is 11.6. The van der Waals surface area contributed by atoms with Crippen molar-refractivity contribution in [2.45, 2.75) is 38.3 Å². The first-order valence-electron chi connectivity index (χ1n) is 5.28. The van der Waals surface area contributed by atoms with Crippen LogP contribution in [0.15, 0.2) is 0 Å². The second kappa shape index (κ2) is 4.50. The van der Waals surface area contributed by atoms with E-state index in [0.29, 0.717) is 0 Å². The van der Waals surface area contributed by atoms with Crippen LogP contribution in [0.1, 0.15) is 27.2 Å². The van der Waals surface area contributed by atoms with Gasteiger partial charge < -0.3 is 20.0 Å². The summed E-state index contributed by atoms with van der Waals surface area (Å²) in [6.07, 6.45) is -0.753. The topological polar surface area (TPSA) is 99.1 Å². The summed E-state index contributed by atoms with van der Waals surface area (Å²) >= 11 is 0. The minimum atomic E-state index is -1.03. The molecule has 17 heavy (non-hydrogen) atoms. The summed E-state index contributed by atoms with van der Waals surface area (Å²) in [6, 6.07) is 0. The second-order valence-corrected chi connectivity index (χ2v) is 5.30. The molecule has 0 bridgehead atoms. The molecule has 3 N–H and O–H groups in total. The Morgan fingerprint density at radius 1 is 1.41 bits per heavy atom. The molecule has 0 saturated carbocycles. The Balaban J connectivity index is 2.49. The van der Waals surface area contributed by atoms with Gasteiger partial charge >= 0.3 is 12.1 Å².